The molecule has 2 nitrogen and oxygen atoms in total. The summed E-state index contributed by atoms with van der Waals surface area (Å²) in [6, 6.07) is 0. The van der Waals surface area contributed by atoms with E-state index in [2.05, 4.69) is 39.2 Å². The smallest absolute Gasteiger partial charge is 0.135 e. The molecule has 0 aromatic heterocycles. The van der Waals surface area contributed by atoms with Gasteiger partial charge in [-0.05, 0) is 25.7 Å². The molecular formula is C19H36O2Si. The van der Waals surface area contributed by atoms with Crippen LogP contribution in [0, 0.1) is 0 Å². The monoisotopic (exact) mass is 324 g/mol. The molecule has 1 rings (SSSR count). The minimum Gasteiger partial charge on any atom is -0.374 e. The van der Waals surface area contributed by atoms with Gasteiger partial charge in [0.2, 0.25) is 0 Å². The van der Waals surface area contributed by atoms with Gasteiger partial charge in [0.1, 0.15) is 5.78 Å². The summed E-state index contributed by atoms with van der Waals surface area (Å²) in [5.74, 6) is 0.394. The predicted octanol–water partition coefficient (Wildman–Crippen LogP) is 5.68. The Kier molecular flexibility index (Phi) is 8.62. The zero-order valence-corrected chi connectivity index (χ0v) is 16.4. The Morgan fingerprint density at radius 2 is 1.82 bits per heavy atom. The number of carbonyl (C=O) groups excluding carboxylic acids is 1. The summed E-state index contributed by atoms with van der Waals surface area (Å²) in [5.41, 5.74) is 4.07. The Morgan fingerprint density at radius 1 is 1.14 bits per heavy atom. The minimum absolute atomic E-state index is 0.125. The summed E-state index contributed by atoms with van der Waals surface area (Å²) in [4.78, 5) is 12.2. The third-order valence-electron chi connectivity index (χ3n) is 4.22. The van der Waals surface area contributed by atoms with Crippen molar-refractivity contribution in [1.82, 2.24) is 0 Å². The first-order chi connectivity index (χ1) is 10.3. The van der Waals surface area contributed by atoms with Crippen molar-refractivity contribution in [3.8, 4) is 0 Å². The highest BCUT2D eigenvalue weighted by Gasteiger charge is 2.27. The molecule has 0 radical (unpaired) electrons. The van der Waals surface area contributed by atoms with Crippen molar-refractivity contribution >= 4 is 13.9 Å². The van der Waals surface area contributed by atoms with E-state index in [-0.39, 0.29) is 6.10 Å². The first kappa shape index (κ1) is 19.6. The lowest BCUT2D eigenvalue weighted by atomic mass is 9.94. The molecule has 0 bridgehead atoms. The van der Waals surface area contributed by atoms with Crippen LogP contribution in [0.3, 0.4) is 0 Å². The van der Waals surface area contributed by atoms with E-state index in [9.17, 15) is 4.79 Å². The maximum atomic E-state index is 12.2. The number of hydrogen-bond acceptors (Lipinski definition) is 2. The molecule has 0 aliphatic carbocycles. The maximum Gasteiger partial charge on any atom is 0.135 e. The quantitative estimate of drug-likeness (QED) is 0.403. The SMILES string of the molecule is CCCCCCC(=O)C[C@@H]1C/C(=C\[Si](C)(C)C)C[C@H](CC)O1. The second-order valence-corrected chi connectivity index (χ2v) is 12.9. The van der Waals surface area contributed by atoms with Crippen LogP contribution in [0.1, 0.15) is 71.6 Å². The predicted molar refractivity (Wildman–Crippen MR) is 98.0 cm³/mol. The second kappa shape index (κ2) is 9.66. The lowest BCUT2D eigenvalue weighted by molar-refractivity contribution is -0.124. The number of Topliss-reactive ketones (excluding diaryl/α,β-unsaturated/α-hetero) is 1. The normalized spacial score (nSPS) is 24.7. The van der Waals surface area contributed by atoms with Crippen molar-refractivity contribution in [2.75, 3.05) is 0 Å². The second-order valence-electron chi connectivity index (χ2n) is 7.92. The summed E-state index contributed by atoms with van der Waals surface area (Å²) < 4.78 is 6.13. The Hall–Kier alpha value is -0.413. The lowest BCUT2D eigenvalue weighted by Gasteiger charge is -2.32. The molecule has 1 aliphatic heterocycles. The topological polar surface area (TPSA) is 26.3 Å². The zero-order chi connectivity index (χ0) is 16.6. The average molecular weight is 325 g/mol. The van der Waals surface area contributed by atoms with E-state index in [1.54, 1.807) is 5.57 Å². The van der Waals surface area contributed by atoms with Crippen LogP contribution in [0.25, 0.3) is 0 Å². The molecule has 1 fully saturated rings. The van der Waals surface area contributed by atoms with Crippen molar-refractivity contribution in [3.63, 3.8) is 0 Å². The van der Waals surface area contributed by atoms with Crippen LogP contribution >= 0.6 is 0 Å². The van der Waals surface area contributed by atoms with E-state index in [1.165, 1.54) is 19.3 Å². The third kappa shape index (κ3) is 8.28. The van der Waals surface area contributed by atoms with Crippen molar-refractivity contribution in [2.45, 2.75) is 103 Å². The molecule has 0 spiro atoms. The van der Waals surface area contributed by atoms with E-state index in [0.717, 1.165) is 32.1 Å². The minimum atomic E-state index is -1.19. The van der Waals surface area contributed by atoms with Gasteiger partial charge in [0.25, 0.3) is 0 Å². The van der Waals surface area contributed by atoms with Crippen molar-refractivity contribution in [3.05, 3.63) is 11.3 Å². The van der Waals surface area contributed by atoms with Crippen LogP contribution in [-0.4, -0.2) is 26.1 Å². The highest BCUT2D eigenvalue weighted by Crippen LogP contribution is 2.29. The fourth-order valence-electron chi connectivity index (χ4n) is 3.23. The largest absolute Gasteiger partial charge is 0.374 e. The van der Waals surface area contributed by atoms with Crippen LogP contribution in [-0.2, 0) is 9.53 Å². The van der Waals surface area contributed by atoms with Gasteiger partial charge in [-0.1, -0.05) is 64.0 Å². The highest BCUT2D eigenvalue weighted by atomic mass is 28.3. The van der Waals surface area contributed by atoms with Crippen LogP contribution in [0.5, 0.6) is 0 Å². The van der Waals surface area contributed by atoms with Gasteiger partial charge in [-0.2, -0.15) is 0 Å². The molecule has 1 saturated heterocycles. The van der Waals surface area contributed by atoms with Gasteiger partial charge in [-0.25, -0.2) is 0 Å². The van der Waals surface area contributed by atoms with Crippen LogP contribution in [0.15, 0.2) is 11.3 Å². The van der Waals surface area contributed by atoms with Gasteiger partial charge < -0.3 is 4.74 Å². The summed E-state index contributed by atoms with van der Waals surface area (Å²) in [7, 11) is -1.19. The first-order valence-electron chi connectivity index (χ1n) is 9.21. The van der Waals surface area contributed by atoms with Crippen molar-refractivity contribution < 1.29 is 9.53 Å². The van der Waals surface area contributed by atoms with Gasteiger partial charge in [-0.3, -0.25) is 4.79 Å². The summed E-state index contributed by atoms with van der Waals surface area (Å²) >= 11 is 0. The Labute approximate surface area is 138 Å². The molecule has 128 valence electrons. The summed E-state index contributed by atoms with van der Waals surface area (Å²) in [6.07, 6.45) is 9.59. The number of rotatable bonds is 9. The molecule has 22 heavy (non-hydrogen) atoms. The first-order valence-corrected chi connectivity index (χ1v) is 12.8. The Morgan fingerprint density at radius 3 is 2.41 bits per heavy atom. The van der Waals surface area contributed by atoms with Gasteiger partial charge in [0, 0.05) is 12.8 Å². The van der Waals surface area contributed by atoms with E-state index in [1.807, 2.05) is 0 Å². The number of unbranched alkanes of at least 4 members (excludes halogenated alkanes) is 3. The average Bonchev–Trinajstić information content (AvgIpc) is 2.41. The molecule has 1 heterocycles. The molecule has 0 amide bonds. The number of carbonyl (C=O) groups is 1. The molecule has 3 heteroatoms. The van der Waals surface area contributed by atoms with Crippen LogP contribution in [0.2, 0.25) is 19.6 Å². The zero-order valence-electron chi connectivity index (χ0n) is 15.4. The lowest BCUT2D eigenvalue weighted by Crippen LogP contribution is -2.31. The molecule has 1 aliphatic rings. The number of hydrogen-bond donors (Lipinski definition) is 0. The number of ether oxygens (including phenoxy) is 1. The molecule has 0 aromatic carbocycles. The summed E-state index contributed by atoms with van der Waals surface area (Å²) in [5, 5.41) is 0. The van der Waals surface area contributed by atoms with E-state index >= 15 is 0 Å². The fraction of sp³-hybridized carbons (Fsp3) is 0.842. The van der Waals surface area contributed by atoms with Gasteiger partial charge in [-0.15, -0.1) is 0 Å². The van der Waals surface area contributed by atoms with Crippen LogP contribution in [0.4, 0.5) is 0 Å². The van der Waals surface area contributed by atoms with E-state index in [4.69, 9.17) is 4.74 Å². The Balaban J connectivity index is 2.51. The van der Waals surface area contributed by atoms with Gasteiger partial charge in [0.15, 0.2) is 0 Å². The van der Waals surface area contributed by atoms with Crippen LogP contribution < -0.4 is 0 Å². The van der Waals surface area contributed by atoms with Crippen molar-refractivity contribution in [2.24, 2.45) is 0 Å². The molecule has 0 saturated carbocycles. The fourth-order valence-corrected chi connectivity index (χ4v) is 4.69. The molecule has 0 N–H and O–H groups in total. The highest BCUT2D eigenvalue weighted by molar-refractivity contribution is 6.81. The maximum absolute atomic E-state index is 12.2. The standard InChI is InChI=1S/C19H36O2Si/c1-6-8-9-10-11-17(20)14-19-13-16(15-22(3,4)5)12-18(7-2)21-19/h15,18-19H,6-14H2,1-5H3/b16-15-/t18-,19-/m0/s1. The Bertz CT molecular complexity index is 368. The molecule has 0 aromatic rings. The van der Waals surface area contributed by atoms with Gasteiger partial charge in [0.05, 0.1) is 20.3 Å². The number of ketones is 1. The van der Waals surface area contributed by atoms with Gasteiger partial charge >= 0.3 is 0 Å². The van der Waals surface area contributed by atoms with E-state index in [0.29, 0.717) is 18.3 Å². The molecular weight excluding hydrogens is 288 g/mol. The molecule has 0 unspecified atom stereocenters. The third-order valence-corrected chi connectivity index (χ3v) is 5.50. The van der Waals surface area contributed by atoms with Crippen molar-refractivity contribution in [1.29, 1.82) is 0 Å². The summed E-state index contributed by atoms with van der Waals surface area (Å²) in [6.45, 7) is 11.5. The van der Waals surface area contributed by atoms with E-state index < -0.39 is 8.07 Å². The molecule has 2 atom stereocenters.